The molecule has 0 unspecified atom stereocenters. The largest absolute Gasteiger partial charge is 0.451 e. The van der Waals surface area contributed by atoms with Crippen molar-refractivity contribution in [2.24, 2.45) is 0 Å². The monoisotopic (exact) mass is 338 g/mol. The predicted octanol–water partition coefficient (Wildman–Crippen LogP) is 3.93. The Morgan fingerprint density at radius 1 is 1.04 bits per heavy atom. The summed E-state index contributed by atoms with van der Waals surface area (Å²) in [5, 5.41) is 8.73. The second kappa shape index (κ2) is 6.22. The van der Waals surface area contributed by atoms with Crippen molar-refractivity contribution < 1.29 is 12.8 Å². The molecule has 0 fully saturated rings. The maximum absolute atomic E-state index is 12.3. The molecule has 0 aliphatic heterocycles. The van der Waals surface area contributed by atoms with Gasteiger partial charge in [-0.25, -0.2) is 0 Å². The molecule has 1 aromatic heterocycles. The second-order valence-electron chi connectivity index (χ2n) is 5.31. The van der Waals surface area contributed by atoms with E-state index in [4.69, 9.17) is 9.68 Å². The Kier molecular flexibility index (Phi) is 4.11. The van der Waals surface area contributed by atoms with Gasteiger partial charge in [0, 0.05) is 5.69 Å². The SMILES string of the molecule is Cc1cc(NS(=O)(=O)c2ccco2)cc(-c2ccc(C#N)cc2)c1. The van der Waals surface area contributed by atoms with Crippen LogP contribution in [0.4, 0.5) is 5.69 Å². The van der Waals surface area contributed by atoms with Crippen molar-refractivity contribution in [1.29, 1.82) is 5.26 Å². The number of furan rings is 1. The van der Waals surface area contributed by atoms with E-state index in [0.29, 0.717) is 11.3 Å². The number of nitriles is 1. The Morgan fingerprint density at radius 2 is 1.79 bits per heavy atom. The van der Waals surface area contributed by atoms with E-state index in [1.54, 1.807) is 24.3 Å². The Morgan fingerprint density at radius 3 is 2.42 bits per heavy atom. The molecular formula is C18H14N2O3S. The van der Waals surface area contributed by atoms with Crippen LogP contribution in [0, 0.1) is 18.3 Å². The molecule has 0 aliphatic carbocycles. The third-order valence-corrected chi connectivity index (χ3v) is 4.70. The first-order valence-corrected chi connectivity index (χ1v) is 8.65. The van der Waals surface area contributed by atoms with Crippen molar-refractivity contribution in [2.75, 3.05) is 4.72 Å². The molecule has 0 saturated heterocycles. The van der Waals surface area contributed by atoms with Crippen molar-refractivity contribution in [1.82, 2.24) is 0 Å². The van der Waals surface area contributed by atoms with Crippen molar-refractivity contribution in [3.63, 3.8) is 0 Å². The Bertz CT molecular complexity index is 999. The topological polar surface area (TPSA) is 83.1 Å². The summed E-state index contributed by atoms with van der Waals surface area (Å²) in [5.74, 6) is 0. The number of aryl methyl sites for hydroxylation is 1. The Labute approximate surface area is 140 Å². The molecule has 0 saturated carbocycles. The lowest BCUT2D eigenvalue weighted by Gasteiger charge is -2.10. The molecule has 24 heavy (non-hydrogen) atoms. The summed E-state index contributed by atoms with van der Waals surface area (Å²) in [6.45, 7) is 1.89. The van der Waals surface area contributed by atoms with Gasteiger partial charge in [0.05, 0.1) is 17.9 Å². The van der Waals surface area contributed by atoms with E-state index >= 15 is 0 Å². The molecule has 0 radical (unpaired) electrons. The van der Waals surface area contributed by atoms with Gasteiger partial charge in [-0.1, -0.05) is 18.2 Å². The highest BCUT2D eigenvalue weighted by Gasteiger charge is 2.17. The number of nitrogens with zero attached hydrogens (tertiary/aromatic N) is 1. The van der Waals surface area contributed by atoms with E-state index in [9.17, 15) is 8.42 Å². The molecule has 3 aromatic rings. The first kappa shape index (κ1) is 15.8. The van der Waals surface area contributed by atoms with E-state index in [1.165, 1.54) is 18.4 Å². The summed E-state index contributed by atoms with van der Waals surface area (Å²) in [5.41, 5.74) is 3.69. The van der Waals surface area contributed by atoms with Crippen LogP contribution in [-0.4, -0.2) is 8.42 Å². The van der Waals surface area contributed by atoms with Gasteiger partial charge in [-0.2, -0.15) is 13.7 Å². The summed E-state index contributed by atoms with van der Waals surface area (Å²) < 4.78 is 32.0. The molecule has 0 amide bonds. The molecule has 6 heteroatoms. The molecule has 0 aliphatic rings. The normalized spacial score (nSPS) is 11.0. The lowest BCUT2D eigenvalue weighted by Crippen LogP contribution is -2.12. The highest BCUT2D eigenvalue weighted by molar-refractivity contribution is 7.92. The molecule has 5 nitrogen and oxygen atoms in total. The van der Waals surface area contributed by atoms with E-state index in [1.807, 2.05) is 25.1 Å². The Hall–Kier alpha value is -3.04. The van der Waals surface area contributed by atoms with Crippen LogP contribution >= 0.6 is 0 Å². The third kappa shape index (κ3) is 3.31. The number of hydrogen-bond acceptors (Lipinski definition) is 4. The zero-order chi connectivity index (χ0) is 17.2. The van der Waals surface area contributed by atoms with Gasteiger partial charge in [0.2, 0.25) is 5.09 Å². The molecule has 2 aromatic carbocycles. The van der Waals surface area contributed by atoms with Crippen molar-refractivity contribution in [2.45, 2.75) is 12.0 Å². The van der Waals surface area contributed by atoms with Crippen molar-refractivity contribution in [3.05, 3.63) is 72.0 Å². The zero-order valence-corrected chi connectivity index (χ0v) is 13.7. The van der Waals surface area contributed by atoms with Crippen LogP contribution in [0.2, 0.25) is 0 Å². The predicted molar refractivity (Wildman–Crippen MR) is 90.8 cm³/mol. The van der Waals surface area contributed by atoms with Crippen LogP contribution in [0.15, 0.2) is 70.4 Å². The minimum atomic E-state index is -3.76. The van der Waals surface area contributed by atoms with Gasteiger partial charge in [-0.05, 0) is 60.0 Å². The summed E-state index contributed by atoms with van der Waals surface area (Å²) in [6, 6.07) is 17.5. The number of hydrogen-bond donors (Lipinski definition) is 1. The quantitative estimate of drug-likeness (QED) is 0.781. The van der Waals surface area contributed by atoms with Gasteiger partial charge in [-0.3, -0.25) is 4.72 Å². The minimum absolute atomic E-state index is 0.135. The molecular weight excluding hydrogens is 324 g/mol. The van der Waals surface area contributed by atoms with Gasteiger partial charge < -0.3 is 4.42 Å². The molecule has 3 rings (SSSR count). The van der Waals surface area contributed by atoms with Crippen molar-refractivity contribution >= 4 is 15.7 Å². The molecule has 1 N–H and O–H groups in total. The summed E-state index contributed by atoms with van der Waals surface area (Å²) in [7, 11) is -3.76. The van der Waals surface area contributed by atoms with E-state index < -0.39 is 10.0 Å². The first-order chi connectivity index (χ1) is 11.5. The highest BCUT2D eigenvalue weighted by Crippen LogP contribution is 2.26. The number of nitrogens with one attached hydrogen (secondary N) is 1. The third-order valence-electron chi connectivity index (χ3n) is 3.44. The van der Waals surface area contributed by atoms with E-state index in [-0.39, 0.29) is 5.09 Å². The fraction of sp³-hybridized carbons (Fsp3) is 0.0556. The smallest absolute Gasteiger partial charge is 0.295 e. The maximum Gasteiger partial charge on any atom is 0.295 e. The van der Waals surface area contributed by atoms with Crippen molar-refractivity contribution in [3.8, 4) is 17.2 Å². The summed E-state index contributed by atoms with van der Waals surface area (Å²) >= 11 is 0. The fourth-order valence-corrected chi connectivity index (χ4v) is 3.34. The van der Waals surface area contributed by atoms with Crippen LogP contribution in [-0.2, 0) is 10.0 Å². The number of benzene rings is 2. The number of anilines is 1. The number of rotatable bonds is 4. The van der Waals surface area contributed by atoms with Crippen LogP contribution in [0.25, 0.3) is 11.1 Å². The maximum atomic E-state index is 12.3. The molecule has 0 bridgehead atoms. The van der Waals surface area contributed by atoms with Crippen LogP contribution in [0.5, 0.6) is 0 Å². The lowest BCUT2D eigenvalue weighted by molar-refractivity contribution is 0.452. The first-order valence-electron chi connectivity index (χ1n) is 7.16. The highest BCUT2D eigenvalue weighted by atomic mass is 32.2. The summed E-state index contributed by atoms with van der Waals surface area (Å²) in [6.07, 6.45) is 1.31. The average Bonchev–Trinajstić information content (AvgIpc) is 3.09. The second-order valence-corrected chi connectivity index (χ2v) is 6.93. The standard InChI is InChI=1S/C18H14N2O3S/c1-13-9-16(15-6-4-14(12-19)5-7-15)11-17(10-13)20-24(21,22)18-3-2-8-23-18/h2-11,20H,1H3. The molecule has 120 valence electrons. The lowest BCUT2D eigenvalue weighted by atomic mass is 10.0. The van der Waals surface area contributed by atoms with Gasteiger partial charge in [0.15, 0.2) is 0 Å². The van der Waals surface area contributed by atoms with Crippen LogP contribution in [0.3, 0.4) is 0 Å². The zero-order valence-electron chi connectivity index (χ0n) is 12.9. The van der Waals surface area contributed by atoms with Crippen LogP contribution in [0.1, 0.15) is 11.1 Å². The van der Waals surface area contributed by atoms with Gasteiger partial charge in [0.1, 0.15) is 0 Å². The number of sulfonamides is 1. The molecule has 0 spiro atoms. The fourth-order valence-electron chi connectivity index (χ4n) is 2.37. The summed E-state index contributed by atoms with van der Waals surface area (Å²) in [4.78, 5) is 0. The average molecular weight is 338 g/mol. The minimum Gasteiger partial charge on any atom is -0.451 e. The van der Waals surface area contributed by atoms with E-state index in [0.717, 1.165) is 16.7 Å². The Balaban J connectivity index is 1.96. The van der Waals surface area contributed by atoms with E-state index in [2.05, 4.69) is 10.8 Å². The van der Waals surface area contributed by atoms with Crippen LogP contribution < -0.4 is 4.72 Å². The van der Waals surface area contributed by atoms with Gasteiger partial charge in [0.25, 0.3) is 10.0 Å². The molecule has 0 atom stereocenters. The van der Waals surface area contributed by atoms with Gasteiger partial charge in [-0.15, -0.1) is 0 Å². The van der Waals surface area contributed by atoms with Gasteiger partial charge >= 0.3 is 0 Å². The molecule has 1 heterocycles.